The third kappa shape index (κ3) is 1.80. The molecule has 2 nitrogen and oxygen atoms in total. The first-order valence-corrected chi connectivity index (χ1v) is 6.24. The summed E-state index contributed by atoms with van der Waals surface area (Å²) in [4.78, 5) is 7.58. The van der Waals surface area contributed by atoms with E-state index in [1.54, 1.807) is 0 Å². The lowest BCUT2D eigenvalue weighted by Gasteiger charge is -2.11. The van der Waals surface area contributed by atoms with Crippen LogP contribution in [0.3, 0.4) is 0 Å². The molecule has 1 atom stereocenters. The number of pyridine rings is 1. The van der Waals surface area contributed by atoms with E-state index in [1.165, 1.54) is 22.1 Å². The van der Waals surface area contributed by atoms with Crippen LogP contribution in [-0.2, 0) is 0 Å². The van der Waals surface area contributed by atoms with Crippen molar-refractivity contribution in [1.29, 1.82) is 0 Å². The van der Waals surface area contributed by atoms with Crippen molar-refractivity contribution in [1.82, 2.24) is 9.97 Å². The zero-order valence-electron chi connectivity index (χ0n) is 10.6. The molecule has 1 unspecified atom stereocenters. The molecule has 0 spiro atoms. The molecule has 18 heavy (non-hydrogen) atoms. The standard InChI is InChI=1S/C16H16N2/c1-11-5-7-13(8-6-11)12(2)15-10-18-16-14(15)4-3-9-17-16/h3-10,12H,1-2H3,(H,17,18). The summed E-state index contributed by atoms with van der Waals surface area (Å²) in [6.45, 7) is 4.35. The van der Waals surface area contributed by atoms with Crippen LogP contribution in [-0.4, -0.2) is 9.97 Å². The Morgan fingerprint density at radius 3 is 2.67 bits per heavy atom. The maximum absolute atomic E-state index is 4.34. The lowest BCUT2D eigenvalue weighted by molar-refractivity contribution is 0.931. The van der Waals surface area contributed by atoms with Gasteiger partial charge >= 0.3 is 0 Å². The molecule has 0 saturated carbocycles. The summed E-state index contributed by atoms with van der Waals surface area (Å²) in [6.07, 6.45) is 3.89. The number of hydrogen-bond donors (Lipinski definition) is 1. The second-order valence-electron chi connectivity index (χ2n) is 4.78. The van der Waals surface area contributed by atoms with Crippen LogP contribution in [0.5, 0.6) is 0 Å². The average molecular weight is 236 g/mol. The predicted octanol–water partition coefficient (Wildman–Crippen LogP) is 4.02. The number of nitrogens with one attached hydrogen (secondary N) is 1. The first-order valence-electron chi connectivity index (χ1n) is 6.24. The summed E-state index contributed by atoms with van der Waals surface area (Å²) < 4.78 is 0. The van der Waals surface area contributed by atoms with Crippen molar-refractivity contribution in [3.63, 3.8) is 0 Å². The molecular weight excluding hydrogens is 220 g/mol. The van der Waals surface area contributed by atoms with Gasteiger partial charge in [-0.05, 0) is 30.2 Å². The van der Waals surface area contributed by atoms with Crippen molar-refractivity contribution >= 4 is 11.0 Å². The Morgan fingerprint density at radius 1 is 1.11 bits per heavy atom. The molecular formula is C16H16N2. The molecule has 2 aromatic heterocycles. The summed E-state index contributed by atoms with van der Waals surface area (Å²) >= 11 is 0. The Hall–Kier alpha value is -2.09. The minimum Gasteiger partial charge on any atom is -0.346 e. The van der Waals surface area contributed by atoms with E-state index in [1.807, 2.05) is 12.3 Å². The van der Waals surface area contributed by atoms with E-state index in [0.29, 0.717) is 5.92 Å². The Balaban J connectivity index is 2.06. The highest BCUT2D eigenvalue weighted by Gasteiger charge is 2.13. The van der Waals surface area contributed by atoms with E-state index in [9.17, 15) is 0 Å². The molecule has 3 aromatic rings. The van der Waals surface area contributed by atoms with Crippen LogP contribution < -0.4 is 0 Å². The fraction of sp³-hybridized carbons (Fsp3) is 0.188. The van der Waals surface area contributed by atoms with Crippen LogP contribution in [0.25, 0.3) is 11.0 Å². The van der Waals surface area contributed by atoms with Gasteiger partial charge in [0.05, 0.1) is 0 Å². The third-order valence-electron chi connectivity index (χ3n) is 3.53. The summed E-state index contributed by atoms with van der Waals surface area (Å²) in [5, 5.41) is 1.21. The first-order chi connectivity index (χ1) is 8.75. The summed E-state index contributed by atoms with van der Waals surface area (Å²) in [6, 6.07) is 12.8. The lowest BCUT2D eigenvalue weighted by atomic mass is 9.93. The lowest BCUT2D eigenvalue weighted by Crippen LogP contribution is -1.94. The first kappa shape index (κ1) is 11.0. The van der Waals surface area contributed by atoms with Gasteiger partial charge in [-0.15, -0.1) is 0 Å². The van der Waals surface area contributed by atoms with Crippen LogP contribution in [0, 0.1) is 6.92 Å². The SMILES string of the molecule is Cc1ccc(C(C)c2c[nH]c3ncccc23)cc1. The Bertz CT molecular complexity index is 665. The predicted molar refractivity (Wildman–Crippen MR) is 74.8 cm³/mol. The molecule has 3 rings (SSSR count). The topological polar surface area (TPSA) is 28.7 Å². The summed E-state index contributed by atoms with van der Waals surface area (Å²) in [5.74, 6) is 0.378. The quantitative estimate of drug-likeness (QED) is 0.715. The zero-order chi connectivity index (χ0) is 12.5. The molecule has 0 radical (unpaired) electrons. The smallest absolute Gasteiger partial charge is 0.137 e. The van der Waals surface area contributed by atoms with Gasteiger partial charge in [0.25, 0.3) is 0 Å². The minimum absolute atomic E-state index is 0.378. The van der Waals surface area contributed by atoms with Crippen molar-refractivity contribution in [3.8, 4) is 0 Å². The number of aryl methyl sites for hydroxylation is 1. The molecule has 0 aliphatic heterocycles. The minimum atomic E-state index is 0.378. The molecule has 0 aliphatic rings. The van der Waals surface area contributed by atoms with Gasteiger partial charge in [0.1, 0.15) is 5.65 Å². The molecule has 1 N–H and O–H groups in total. The van der Waals surface area contributed by atoms with Crippen molar-refractivity contribution in [2.45, 2.75) is 19.8 Å². The molecule has 0 saturated heterocycles. The van der Waals surface area contributed by atoms with E-state index in [2.05, 4.69) is 60.3 Å². The highest BCUT2D eigenvalue weighted by molar-refractivity contribution is 5.80. The number of fused-ring (bicyclic) bond motifs is 1. The van der Waals surface area contributed by atoms with Gasteiger partial charge in [-0.3, -0.25) is 0 Å². The van der Waals surface area contributed by atoms with Gasteiger partial charge < -0.3 is 4.98 Å². The van der Waals surface area contributed by atoms with E-state index >= 15 is 0 Å². The molecule has 90 valence electrons. The van der Waals surface area contributed by atoms with Crippen LogP contribution in [0.4, 0.5) is 0 Å². The van der Waals surface area contributed by atoms with Crippen molar-refractivity contribution < 1.29 is 0 Å². The van der Waals surface area contributed by atoms with E-state index < -0.39 is 0 Å². The van der Waals surface area contributed by atoms with Crippen molar-refractivity contribution in [3.05, 3.63) is 65.5 Å². The van der Waals surface area contributed by atoms with Gasteiger partial charge in [0, 0.05) is 23.7 Å². The Morgan fingerprint density at radius 2 is 1.89 bits per heavy atom. The fourth-order valence-corrected chi connectivity index (χ4v) is 2.37. The number of H-pyrrole nitrogens is 1. The van der Waals surface area contributed by atoms with E-state index in [-0.39, 0.29) is 0 Å². The molecule has 1 aromatic carbocycles. The average Bonchev–Trinajstić information content (AvgIpc) is 2.82. The van der Waals surface area contributed by atoms with Crippen LogP contribution in [0.2, 0.25) is 0 Å². The number of nitrogens with zero attached hydrogens (tertiary/aromatic N) is 1. The maximum Gasteiger partial charge on any atom is 0.137 e. The highest BCUT2D eigenvalue weighted by Crippen LogP contribution is 2.29. The number of aromatic nitrogens is 2. The largest absolute Gasteiger partial charge is 0.346 e. The van der Waals surface area contributed by atoms with Gasteiger partial charge in [-0.2, -0.15) is 0 Å². The van der Waals surface area contributed by atoms with E-state index in [4.69, 9.17) is 0 Å². The van der Waals surface area contributed by atoms with Gasteiger partial charge in [-0.1, -0.05) is 36.8 Å². The van der Waals surface area contributed by atoms with Gasteiger partial charge in [-0.25, -0.2) is 4.98 Å². The molecule has 0 bridgehead atoms. The highest BCUT2D eigenvalue weighted by atomic mass is 14.8. The summed E-state index contributed by atoms with van der Waals surface area (Å²) in [5.41, 5.74) is 4.91. The third-order valence-corrected chi connectivity index (χ3v) is 3.53. The maximum atomic E-state index is 4.34. The van der Waals surface area contributed by atoms with Crippen LogP contribution in [0.1, 0.15) is 29.5 Å². The van der Waals surface area contributed by atoms with Gasteiger partial charge in [0.2, 0.25) is 0 Å². The van der Waals surface area contributed by atoms with E-state index in [0.717, 1.165) is 5.65 Å². The van der Waals surface area contributed by atoms with Crippen LogP contribution >= 0.6 is 0 Å². The molecule has 2 heterocycles. The number of benzene rings is 1. The number of aromatic amines is 1. The molecule has 0 fully saturated rings. The van der Waals surface area contributed by atoms with Crippen LogP contribution in [0.15, 0.2) is 48.8 Å². The second-order valence-corrected chi connectivity index (χ2v) is 4.78. The zero-order valence-corrected chi connectivity index (χ0v) is 10.6. The number of hydrogen-bond acceptors (Lipinski definition) is 1. The molecule has 0 aliphatic carbocycles. The Labute approximate surface area is 107 Å². The molecule has 2 heteroatoms. The molecule has 0 amide bonds. The number of rotatable bonds is 2. The fourth-order valence-electron chi connectivity index (χ4n) is 2.37. The monoisotopic (exact) mass is 236 g/mol. The van der Waals surface area contributed by atoms with Crippen molar-refractivity contribution in [2.24, 2.45) is 0 Å². The van der Waals surface area contributed by atoms with Gasteiger partial charge in [0.15, 0.2) is 0 Å². The Kier molecular flexibility index (Phi) is 2.63. The second kappa shape index (κ2) is 4.30. The normalized spacial score (nSPS) is 12.8. The van der Waals surface area contributed by atoms with Crippen molar-refractivity contribution in [2.75, 3.05) is 0 Å². The summed E-state index contributed by atoms with van der Waals surface area (Å²) in [7, 11) is 0.